The van der Waals surface area contributed by atoms with E-state index in [9.17, 15) is 9.59 Å². The second-order valence-corrected chi connectivity index (χ2v) is 4.08. The molecule has 0 atom stereocenters. The molecular formula is C11H21N3O3. The van der Waals surface area contributed by atoms with E-state index in [1.807, 2.05) is 0 Å². The molecule has 1 aliphatic heterocycles. The maximum absolute atomic E-state index is 11.2. The van der Waals surface area contributed by atoms with Gasteiger partial charge in [-0.1, -0.05) is 0 Å². The van der Waals surface area contributed by atoms with Crippen molar-refractivity contribution in [1.29, 1.82) is 0 Å². The van der Waals surface area contributed by atoms with Gasteiger partial charge in [0.2, 0.25) is 11.8 Å². The Bertz CT molecular complexity index is 252. The Labute approximate surface area is 101 Å². The third-order valence-electron chi connectivity index (χ3n) is 2.56. The fraction of sp³-hybridized carbons (Fsp3) is 0.818. The Balaban J connectivity index is 1.95. The highest BCUT2D eigenvalue weighted by atomic mass is 16.5. The van der Waals surface area contributed by atoms with Crippen LogP contribution >= 0.6 is 0 Å². The molecule has 3 N–H and O–H groups in total. The van der Waals surface area contributed by atoms with E-state index >= 15 is 0 Å². The SMILES string of the molecule is CC(=O)NCC(=O)NCCOC1CCNCC1. The zero-order chi connectivity index (χ0) is 12.5. The van der Waals surface area contributed by atoms with Gasteiger partial charge in [-0.2, -0.15) is 0 Å². The molecule has 1 heterocycles. The molecule has 0 radical (unpaired) electrons. The maximum Gasteiger partial charge on any atom is 0.239 e. The fourth-order valence-corrected chi connectivity index (χ4v) is 1.65. The molecule has 98 valence electrons. The van der Waals surface area contributed by atoms with Crippen LogP contribution in [0.5, 0.6) is 0 Å². The van der Waals surface area contributed by atoms with Crippen molar-refractivity contribution in [2.24, 2.45) is 0 Å². The first kappa shape index (κ1) is 13.9. The summed E-state index contributed by atoms with van der Waals surface area (Å²) in [5.41, 5.74) is 0. The number of carbonyl (C=O) groups is 2. The van der Waals surface area contributed by atoms with Gasteiger partial charge in [0.05, 0.1) is 19.3 Å². The summed E-state index contributed by atoms with van der Waals surface area (Å²) < 4.78 is 5.62. The molecule has 0 unspecified atom stereocenters. The van der Waals surface area contributed by atoms with Crippen LogP contribution in [0.1, 0.15) is 19.8 Å². The summed E-state index contributed by atoms with van der Waals surface area (Å²) >= 11 is 0. The zero-order valence-corrected chi connectivity index (χ0v) is 10.3. The summed E-state index contributed by atoms with van der Waals surface area (Å²) in [5, 5.41) is 8.38. The number of piperidine rings is 1. The summed E-state index contributed by atoms with van der Waals surface area (Å²) in [4.78, 5) is 21.8. The summed E-state index contributed by atoms with van der Waals surface area (Å²) in [6.45, 7) is 4.42. The lowest BCUT2D eigenvalue weighted by Gasteiger charge is -2.22. The van der Waals surface area contributed by atoms with Crippen molar-refractivity contribution < 1.29 is 14.3 Å². The number of ether oxygens (including phenoxy) is 1. The van der Waals surface area contributed by atoms with Crippen molar-refractivity contribution >= 4 is 11.8 Å². The molecule has 6 nitrogen and oxygen atoms in total. The van der Waals surface area contributed by atoms with E-state index in [0.717, 1.165) is 25.9 Å². The van der Waals surface area contributed by atoms with Gasteiger partial charge in [-0.25, -0.2) is 0 Å². The average Bonchev–Trinajstić information content (AvgIpc) is 2.33. The van der Waals surface area contributed by atoms with Crippen molar-refractivity contribution in [2.75, 3.05) is 32.8 Å². The molecule has 2 amide bonds. The number of nitrogens with one attached hydrogen (secondary N) is 3. The minimum absolute atomic E-state index is 0.0304. The maximum atomic E-state index is 11.2. The largest absolute Gasteiger partial charge is 0.376 e. The Morgan fingerprint density at radius 1 is 1.29 bits per heavy atom. The Morgan fingerprint density at radius 2 is 2.00 bits per heavy atom. The van der Waals surface area contributed by atoms with E-state index in [1.54, 1.807) is 0 Å². The number of amides is 2. The van der Waals surface area contributed by atoms with Crippen molar-refractivity contribution in [1.82, 2.24) is 16.0 Å². The Morgan fingerprint density at radius 3 is 2.65 bits per heavy atom. The number of hydrogen-bond donors (Lipinski definition) is 3. The molecule has 0 saturated carbocycles. The molecule has 0 aromatic heterocycles. The normalized spacial score (nSPS) is 16.5. The molecule has 17 heavy (non-hydrogen) atoms. The molecule has 0 spiro atoms. The molecule has 0 aromatic carbocycles. The van der Waals surface area contributed by atoms with Gasteiger partial charge < -0.3 is 20.7 Å². The number of rotatable bonds is 6. The highest BCUT2D eigenvalue weighted by molar-refractivity contribution is 5.83. The van der Waals surface area contributed by atoms with Crippen LogP contribution in [0.3, 0.4) is 0 Å². The zero-order valence-electron chi connectivity index (χ0n) is 10.3. The second kappa shape index (κ2) is 8.03. The molecule has 0 aliphatic carbocycles. The molecule has 0 aromatic rings. The van der Waals surface area contributed by atoms with Crippen LogP contribution in [0.2, 0.25) is 0 Å². The third kappa shape index (κ3) is 6.91. The second-order valence-electron chi connectivity index (χ2n) is 4.08. The first-order valence-corrected chi connectivity index (χ1v) is 6.02. The van der Waals surface area contributed by atoms with Crippen molar-refractivity contribution in [3.63, 3.8) is 0 Å². The molecule has 6 heteroatoms. The highest BCUT2D eigenvalue weighted by Crippen LogP contribution is 2.05. The molecular weight excluding hydrogens is 222 g/mol. The molecule has 1 rings (SSSR count). The predicted octanol–water partition coefficient (Wildman–Crippen LogP) is -0.993. The van der Waals surface area contributed by atoms with Crippen LogP contribution in [0.25, 0.3) is 0 Å². The van der Waals surface area contributed by atoms with Gasteiger partial charge in [0.15, 0.2) is 0 Å². The lowest BCUT2D eigenvalue weighted by molar-refractivity contribution is -0.125. The van der Waals surface area contributed by atoms with Crippen molar-refractivity contribution in [2.45, 2.75) is 25.9 Å². The fourth-order valence-electron chi connectivity index (χ4n) is 1.65. The Kier molecular flexibility index (Phi) is 6.57. The third-order valence-corrected chi connectivity index (χ3v) is 2.56. The minimum atomic E-state index is -0.203. The van der Waals surface area contributed by atoms with Crippen LogP contribution in [0.15, 0.2) is 0 Å². The summed E-state index contributed by atoms with van der Waals surface area (Å²) in [5.74, 6) is -0.389. The van der Waals surface area contributed by atoms with Gasteiger partial charge in [0.25, 0.3) is 0 Å². The van der Waals surface area contributed by atoms with Crippen LogP contribution in [0.4, 0.5) is 0 Å². The minimum Gasteiger partial charge on any atom is -0.376 e. The van der Waals surface area contributed by atoms with Crippen LogP contribution in [-0.2, 0) is 14.3 Å². The van der Waals surface area contributed by atoms with E-state index in [2.05, 4.69) is 16.0 Å². The van der Waals surface area contributed by atoms with E-state index in [-0.39, 0.29) is 18.4 Å². The smallest absolute Gasteiger partial charge is 0.239 e. The standard InChI is InChI=1S/C11H21N3O3/c1-9(15)14-8-11(16)13-6-7-17-10-2-4-12-5-3-10/h10,12H,2-8H2,1H3,(H,13,16)(H,14,15). The number of carbonyl (C=O) groups excluding carboxylic acids is 2. The average molecular weight is 243 g/mol. The van der Waals surface area contributed by atoms with Crippen LogP contribution in [-0.4, -0.2) is 50.7 Å². The highest BCUT2D eigenvalue weighted by Gasteiger charge is 2.12. The van der Waals surface area contributed by atoms with E-state index in [1.165, 1.54) is 6.92 Å². The molecule has 1 saturated heterocycles. The van der Waals surface area contributed by atoms with Gasteiger partial charge in [0, 0.05) is 13.5 Å². The van der Waals surface area contributed by atoms with Crippen molar-refractivity contribution in [3.8, 4) is 0 Å². The van der Waals surface area contributed by atoms with Gasteiger partial charge in [0.1, 0.15) is 0 Å². The van der Waals surface area contributed by atoms with E-state index in [0.29, 0.717) is 19.3 Å². The quantitative estimate of drug-likeness (QED) is 0.523. The van der Waals surface area contributed by atoms with E-state index in [4.69, 9.17) is 4.74 Å². The van der Waals surface area contributed by atoms with Crippen LogP contribution < -0.4 is 16.0 Å². The summed E-state index contributed by atoms with van der Waals surface area (Å²) in [6, 6.07) is 0. The van der Waals surface area contributed by atoms with Gasteiger partial charge in [-0.15, -0.1) is 0 Å². The van der Waals surface area contributed by atoms with Gasteiger partial charge >= 0.3 is 0 Å². The van der Waals surface area contributed by atoms with Gasteiger partial charge in [-0.3, -0.25) is 9.59 Å². The predicted molar refractivity (Wildman–Crippen MR) is 63.5 cm³/mol. The lowest BCUT2D eigenvalue weighted by atomic mass is 10.1. The first-order valence-electron chi connectivity index (χ1n) is 6.02. The monoisotopic (exact) mass is 243 g/mol. The Hall–Kier alpha value is -1.14. The lowest BCUT2D eigenvalue weighted by Crippen LogP contribution is -2.38. The summed E-state index contributed by atoms with van der Waals surface area (Å²) in [6.07, 6.45) is 2.36. The van der Waals surface area contributed by atoms with E-state index < -0.39 is 0 Å². The molecule has 0 bridgehead atoms. The van der Waals surface area contributed by atoms with Crippen molar-refractivity contribution in [3.05, 3.63) is 0 Å². The topological polar surface area (TPSA) is 79.5 Å². The van der Waals surface area contributed by atoms with Crippen LogP contribution in [0, 0.1) is 0 Å². The number of hydrogen-bond acceptors (Lipinski definition) is 4. The summed E-state index contributed by atoms with van der Waals surface area (Å²) in [7, 11) is 0. The molecule has 1 fully saturated rings. The van der Waals surface area contributed by atoms with Gasteiger partial charge in [-0.05, 0) is 25.9 Å². The first-order chi connectivity index (χ1) is 8.18. The molecule has 1 aliphatic rings.